The molecule has 0 fully saturated rings. The number of hydrogen-bond donors (Lipinski definition) is 0. The summed E-state index contributed by atoms with van der Waals surface area (Å²) in [5, 5.41) is 0. The predicted octanol–water partition coefficient (Wildman–Crippen LogP) is 2.01. The smallest absolute Gasteiger partial charge is 0.343 e. The number of ether oxygens (including phenoxy) is 2. The average molecular weight is 299 g/mol. The molecular weight excluding hydrogens is 288 g/mol. The number of rotatable bonds is 1. The third kappa shape index (κ3) is 2.12. The van der Waals surface area contributed by atoms with Crippen LogP contribution >= 0.6 is 15.9 Å². The summed E-state index contributed by atoms with van der Waals surface area (Å²) in [6.45, 7) is 2.15. The van der Waals surface area contributed by atoms with E-state index in [0.29, 0.717) is 5.56 Å². The molecule has 5 heteroatoms. The quantitative estimate of drug-likeness (QED) is 0.588. The van der Waals surface area contributed by atoms with Crippen LogP contribution < -0.4 is 0 Å². The van der Waals surface area contributed by atoms with Crippen LogP contribution in [0.25, 0.3) is 0 Å². The third-order valence-electron chi connectivity index (χ3n) is 2.75. The van der Waals surface area contributed by atoms with Crippen molar-refractivity contribution in [3.8, 4) is 0 Å². The van der Waals surface area contributed by atoms with Gasteiger partial charge in [-0.25, -0.2) is 4.79 Å². The second-order valence-electron chi connectivity index (χ2n) is 3.83. The van der Waals surface area contributed by atoms with E-state index in [1.54, 1.807) is 6.07 Å². The van der Waals surface area contributed by atoms with Gasteiger partial charge in [0.1, 0.15) is 0 Å². The number of benzene rings is 1. The highest BCUT2D eigenvalue weighted by Crippen LogP contribution is 2.27. The Balaban J connectivity index is 2.45. The number of ketones is 1. The topological polar surface area (TPSA) is 52.6 Å². The van der Waals surface area contributed by atoms with Gasteiger partial charge in [-0.3, -0.25) is 4.79 Å². The fraction of sp³-hybridized carbons (Fsp3) is 0.333. The molecule has 1 unspecified atom stereocenters. The molecule has 1 aromatic rings. The third-order valence-corrected chi connectivity index (χ3v) is 3.21. The molecule has 0 saturated carbocycles. The maximum absolute atomic E-state index is 12.1. The van der Waals surface area contributed by atoms with Gasteiger partial charge in [0.15, 0.2) is 0 Å². The second kappa shape index (κ2) is 4.58. The van der Waals surface area contributed by atoms with E-state index in [9.17, 15) is 9.59 Å². The predicted molar refractivity (Wildman–Crippen MR) is 63.8 cm³/mol. The molecule has 0 saturated heterocycles. The lowest BCUT2D eigenvalue weighted by atomic mass is 9.94. The Morgan fingerprint density at radius 3 is 2.88 bits per heavy atom. The molecule has 17 heavy (non-hydrogen) atoms. The number of aryl methyl sites for hydroxylation is 1. The summed E-state index contributed by atoms with van der Waals surface area (Å²) in [5.74, 6) is -0.999. The highest BCUT2D eigenvalue weighted by atomic mass is 79.9. The zero-order chi connectivity index (χ0) is 12.6. The number of Topliss-reactive ketones (excluding diaryl/α,β-unsaturated/α-hetero) is 1. The van der Waals surface area contributed by atoms with Gasteiger partial charge in [0.25, 0.3) is 0 Å². The number of esters is 1. The van der Waals surface area contributed by atoms with Gasteiger partial charge in [-0.1, -0.05) is 15.9 Å². The molecule has 0 bridgehead atoms. The first-order chi connectivity index (χ1) is 8.04. The summed E-state index contributed by atoms with van der Waals surface area (Å²) in [6, 6.07) is 3.62. The molecule has 0 radical (unpaired) electrons. The van der Waals surface area contributed by atoms with Crippen molar-refractivity contribution >= 4 is 27.7 Å². The van der Waals surface area contributed by atoms with Gasteiger partial charge in [0.2, 0.25) is 11.9 Å². The number of halogens is 1. The monoisotopic (exact) mass is 298 g/mol. The lowest BCUT2D eigenvalue weighted by Crippen LogP contribution is -2.38. The minimum Gasteiger partial charge on any atom is -0.467 e. The SMILES string of the molecule is COC(=O)C1OCc2c(C)cc(Br)cc2C1=O. The van der Waals surface area contributed by atoms with Crippen molar-refractivity contribution in [2.45, 2.75) is 19.6 Å². The molecule has 1 aliphatic heterocycles. The fourth-order valence-electron chi connectivity index (χ4n) is 1.85. The molecule has 2 rings (SSSR count). The van der Waals surface area contributed by atoms with Crippen molar-refractivity contribution in [2.24, 2.45) is 0 Å². The average Bonchev–Trinajstić information content (AvgIpc) is 2.29. The Kier molecular flexibility index (Phi) is 3.31. The van der Waals surface area contributed by atoms with Gasteiger partial charge in [-0.2, -0.15) is 0 Å². The van der Waals surface area contributed by atoms with Gasteiger partial charge in [0.05, 0.1) is 13.7 Å². The fourth-order valence-corrected chi connectivity index (χ4v) is 2.42. The van der Waals surface area contributed by atoms with Gasteiger partial charge in [-0.05, 0) is 30.2 Å². The second-order valence-corrected chi connectivity index (χ2v) is 4.74. The molecule has 0 N–H and O–H groups in total. The van der Waals surface area contributed by atoms with Crippen LogP contribution in [-0.4, -0.2) is 25.0 Å². The van der Waals surface area contributed by atoms with Crippen LogP contribution in [0.1, 0.15) is 21.5 Å². The Labute approximate surface area is 107 Å². The van der Waals surface area contributed by atoms with E-state index in [0.717, 1.165) is 15.6 Å². The van der Waals surface area contributed by atoms with Crippen molar-refractivity contribution in [3.63, 3.8) is 0 Å². The van der Waals surface area contributed by atoms with E-state index < -0.39 is 12.1 Å². The normalized spacial score (nSPS) is 18.8. The van der Waals surface area contributed by atoms with Crippen molar-refractivity contribution < 1.29 is 19.1 Å². The van der Waals surface area contributed by atoms with Crippen LogP contribution in [0, 0.1) is 6.92 Å². The number of methoxy groups -OCH3 is 1. The molecule has 0 spiro atoms. The molecular formula is C12H11BrO4. The zero-order valence-electron chi connectivity index (χ0n) is 9.45. The molecule has 1 aromatic carbocycles. The van der Waals surface area contributed by atoms with Crippen LogP contribution in [0.3, 0.4) is 0 Å². The first-order valence-corrected chi connectivity index (χ1v) is 5.86. The lowest BCUT2D eigenvalue weighted by Gasteiger charge is -2.23. The lowest BCUT2D eigenvalue weighted by molar-refractivity contribution is -0.151. The van der Waals surface area contributed by atoms with Crippen molar-refractivity contribution in [3.05, 3.63) is 33.3 Å². The summed E-state index contributed by atoms with van der Waals surface area (Å²) in [7, 11) is 1.24. The molecule has 1 atom stereocenters. The van der Waals surface area contributed by atoms with E-state index in [1.165, 1.54) is 7.11 Å². The Bertz CT molecular complexity index is 496. The summed E-state index contributed by atoms with van der Waals surface area (Å²) in [6.07, 6.45) is -1.14. The Morgan fingerprint density at radius 2 is 2.24 bits per heavy atom. The molecule has 1 heterocycles. The van der Waals surface area contributed by atoms with Gasteiger partial charge in [0, 0.05) is 10.0 Å². The molecule has 90 valence electrons. The van der Waals surface area contributed by atoms with Crippen molar-refractivity contribution in [1.29, 1.82) is 0 Å². The molecule has 0 aromatic heterocycles. The minimum atomic E-state index is -1.14. The maximum atomic E-state index is 12.1. The highest BCUT2D eigenvalue weighted by Gasteiger charge is 2.35. The summed E-state index contributed by atoms with van der Waals surface area (Å²) >= 11 is 3.33. The Hall–Kier alpha value is -1.20. The molecule has 0 aliphatic carbocycles. The van der Waals surface area contributed by atoms with E-state index in [4.69, 9.17) is 4.74 Å². The first kappa shape index (κ1) is 12.3. The van der Waals surface area contributed by atoms with Crippen LogP contribution in [0.4, 0.5) is 0 Å². The largest absolute Gasteiger partial charge is 0.467 e. The number of carbonyl (C=O) groups is 2. The maximum Gasteiger partial charge on any atom is 0.343 e. The van der Waals surface area contributed by atoms with Crippen molar-refractivity contribution in [2.75, 3.05) is 7.11 Å². The van der Waals surface area contributed by atoms with Crippen LogP contribution in [-0.2, 0) is 20.9 Å². The highest BCUT2D eigenvalue weighted by molar-refractivity contribution is 9.10. The molecule has 1 aliphatic rings. The van der Waals surface area contributed by atoms with Crippen molar-refractivity contribution in [1.82, 2.24) is 0 Å². The van der Waals surface area contributed by atoms with E-state index in [2.05, 4.69) is 20.7 Å². The first-order valence-electron chi connectivity index (χ1n) is 5.07. The number of carbonyl (C=O) groups excluding carboxylic acids is 2. The van der Waals surface area contributed by atoms with E-state index in [1.807, 2.05) is 13.0 Å². The summed E-state index contributed by atoms with van der Waals surface area (Å²) in [4.78, 5) is 23.5. The van der Waals surface area contributed by atoms with Gasteiger partial charge >= 0.3 is 5.97 Å². The van der Waals surface area contributed by atoms with Crippen LogP contribution in [0.15, 0.2) is 16.6 Å². The van der Waals surface area contributed by atoms with Gasteiger partial charge < -0.3 is 9.47 Å². The Morgan fingerprint density at radius 1 is 1.53 bits per heavy atom. The summed E-state index contributed by atoms with van der Waals surface area (Å²) < 4.78 is 10.6. The van der Waals surface area contributed by atoms with E-state index >= 15 is 0 Å². The van der Waals surface area contributed by atoms with Crippen LogP contribution in [0.5, 0.6) is 0 Å². The number of fused-ring (bicyclic) bond motifs is 1. The summed E-state index contributed by atoms with van der Waals surface area (Å²) in [5.41, 5.74) is 2.32. The van der Waals surface area contributed by atoms with Crippen LogP contribution in [0.2, 0.25) is 0 Å². The molecule has 4 nitrogen and oxygen atoms in total. The molecule has 0 amide bonds. The standard InChI is InChI=1S/C12H11BrO4/c1-6-3-7(13)4-8-9(6)5-17-11(10(8)14)12(15)16-2/h3-4,11H,5H2,1-2H3. The van der Waals surface area contributed by atoms with E-state index in [-0.39, 0.29) is 12.4 Å². The van der Waals surface area contributed by atoms with Gasteiger partial charge in [-0.15, -0.1) is 0 Å². The zero-order valence-corrected chi connectivity index (χ0v) is 11.0. The number of hydrogen-bond acceptors (Lipinski definition) is 4. The minimum absolute atomic E-state index is 0.250.